The van der Waals surface area contributed by atoms with Gasteiger partial charge in [0.1, 0.15) is 11.8 Å². The Labute approximate surface area is 178 Å². The highest BCUT2D eigenvalue weighted by Gasteiger charge is 2.38. The van der Waals surface area contributed by atoms with Gasteiger partial charge >= 0.3 is 0 Å². The van der Waals surface area contributed by atoms with Crippen LogP contribution in [0.4, 0.5) is 10.8 Å². The van der Waals surface area contributed by atoms with Gasteiger partial charge in [-0.15, -0.1) is 11.3 Å². The van der Waals surface area contributed by atoms with Crippen molar-refractivity contribution in [3.63, 3.8) is 0 Å². The summed E-state index contributed by atoms with van der Waals surface area (Å²) in [6, 6.07) is 5.24. The molecule has 30 heavy (non-hydrogen) atoms. The van der Waals surface area contributed by atoms with Crippen molar-refractivity contribution in [1.29, 1.82) is 0 Å². The van der Waals surface area contributed by atoms with Crippen molar-refractivity contribution in [2.45, 2.75) is 45.6 Å². The molecule has 2 aliphatic rings. The monoisotopic (exact) mass is 425 g/mol. The molecule has 3 amide bonds. The number of hydrogen-bond acceptors (Lipinski definition) is 6. The molecule has 0 spiro atoms. The molecule has 156 valence electrons. The first kappa shape index (κ1) is 20.2. The van der Waals surface area contributed by atoms with Crippen LogP contribution in [0.25, 0.3) is 0 Å². The number of anilines is 2. The Morgan fingerprint density at radius 1 is 1.23 bits per heavy atom. The zero-order chi connectivity index (χ0) is 21.3. The molecule has 1 fully saturated rings. The number of nitrogens with zero attached hydrogens (tertiary/aromatic N) is 4. The van der Waals surface area contributed by atoms with Gasteiger partial charge in [0.05, 0.1) is 5.69 Å². The lowest BCUT2D eigenvalue weighted by molar-refractivity contribution is -0.131. The molecular formula is C21H23N5O3S. The number of aryl methyl sites for hydroxylation is 2. The number of carbonyl (C=O) groups is 3. The minimum atomic E-state index is -0.559. The van der Waals surface area contributed by atoms with E-state index >= 15 is 0 Å². The van der Waals surface area contributed by atoms with E-state index in [1.807, 2.05) is 32.0 Å². The van der Waals surface area contributed by atoms with Crippen LogP contribution < -0.4 is 10.3 Å². The van der Waals surface area contributed by atoms with Gasteiger partial charge in [0, 0.05) is 31.0 Å². The van der Waals surface area contributed by atoms with E-state index in [0.717, 1.165) is 17.5 Å². The number of benzene rings is 1. The maximum absolute atomic E-state index is 13.2. The van der Waals surface area contributed by atoms with Gasteiger partial charge in [0.2, 0.25) is 11.8 Å². The van der Waals surface area contributed by atoms with E-state index in [4.69, 9.17) is 0 Å². The number of nitrogens with one attached hydrogen (secondary N) is 1. The first-order valence-corrected chi connectivity index (χ1v) is 10.8. The van der Waals surface area contributed by atoms with Crippen LogP contribution in [0.15, 0.2) is 34.9 Å². The van der Waals surface area contributed by atoms with Gasteiger partial charge in [-0.2, -0.15) is 5.10 Å². The second kappa shape index (κ2) is 8.35. The minimum absolute atomic E-state index is 0.139. The first-order valence-electron chi connectivity index (χ1n) is 9.93. The molecule has 3 heterocycles. The van der Waals surface area contributed by atoms with Crippen molar-refractivity contribution in [3.05, 3.63) is 40.9 Å². The molecule has 0 bridgehead atoms. The Bertz CT molecular complexity index is 1020. The van der Waals surface area contributed by atoms with Crippen LogP contribution >= 0.6 is 11.3 Å². The topological polar surface area (TPSA) is 95.0 Å². The first-order chi connectivity index (χ1) is 14.4. The zero-order valence-corrected chi connectivity index (χ0v) is 17.7. The third-order valence-corrected chi connectivity index (χ3v) is 6.04. The van der Waals surface area contributed by atoms with E-state index in [-0.39, 0.29) is 30.6 Å². The number of carbonyl (C=O) groups excluding carboxylic acids is 3. The molecule has 4 rings (SSSR count). The summed E-state index contributed by atoms with van der Waals surface area (Å²) in [4.78, 5) is 44.1. The summed E-state index contributed by atoms with van der Waals surface area (Å²) in [5.74, 6) is -0.663. The number of hydrazone groups is 1. The lowest BCUT2D eigenvalue weighted by Crippen LogP contribution is -2.47. The van der Waals surface area contributed by atoms with Crippen LogP contribution in [-0.4, -0.2) is 45.9 Å². The third-order valence-electron chi connectivity index (χ3n) is 5.35. The lowest BCUT2D eigenvalue weighted by atomic mass is 10.1. The number of amides is 3. The normalized spacial score (nSPS) is 19.1. The van der Waals surface area contributed by atoms with Gasteiger partial charge in [-0.25, -0.2) is 9.99 Å². The summed E-state index contributed by atoms with van der Waals surface area (Å²) < 4.78 is 0. The average Bonchev–Trinajstić information content (AvgIpc) is 3.42. The van der Waals surface area contributed by atoms with Crippen LogP contribution in [0.2, 0.25) is 0 Å². The van der Waals surface area contributed by atoms with Gasteiger partial charge in [-0.3, -0.25) is 14.4 Å². The highest BCUT2D eigenvalue weighted by Crippen LogP contribution is 2.27. The number of thiazole rings is 1. The van der Waals surface area contributed by atoms with Gasteiger partial charge in [-0.1, -0.05) is 12.1 Å². The Morgan fingerprint density at radius 3 is 2.83 bits per heavy atom. The van der Waals surface area contributed by atoms with Crippen LogP contribution in [-0.2, 0) is 14.4 Å². The van der Waals surface area contributed by atoms with Crippen LogP contribution in [0, 0.1) is 13.8 Å². The molecule has 8 nitrogen and oxygen atoms in total. The second-order valence-electron chi connectivity index (χ2n) is 7.53. The quantitative estimate of drug-likeness (QED) is 0.815. The Hall–Kier alpha value is -3.07. The molecule has 9 heteroatoms. The minimum Gasteiger partial charge on any atom is -0.325 e. The molecule has 0 radical (unpaired) electrons. The van der Waals surface area contributed by atoms with Crippen molar-refractivity contribution in [2.75, 3.05) is 16.9 Å². The van der Waals surface area contributed by atoms with Crippen molar-refractivity contribution >= 4 is 45.6 Å². The van der Waals surface area contributed by atoms with Crippen LogP contribution in [0.3, 0.4) is 0 Å². The predicted octanol–water partition coefficient (Wildman–Crippen LogP) is 2.87. The summed E-state index contributed by atoms with van der Waals surface area (Å²) in [6.07, 6.45) is 3.44. The van der Waals surface area contributed by atoms with Gasteiger partial charge in [0.15, 0.2) is 5.13 Å². The van der Waals surface area contributed by atoms with Crippen molar-refractivity contribution in [1.82, 2.24) is 9.88 Å². The summed E-state index contributed by atoms with van der Waals surface area (Å²) in [5, 5.41) is 10.8. The average molecular weight is 426 g/mol. The molecule has 1 atom stereocenters. The standard InChI is InChI=1S/C21H23N5O3S/c1-13-5-6-14(2)17(12-13)26-18(27)8-7-15(24-26)20(29)25-10-3-4-16(25)19(28)23-21-22-9-11-30-21/h5-6,9,11-12,16H,3-4,7-8,10H2,1-2H3,(H,22,23,28). The number of hydrogen-bond donors (Lipinski definition) is 1. The molecule has 2 aliphatic heterocycles. The Balaban J connectivity index is 1.56. The summed E-state index contributed by atoms with van der Waals surface area (Å²) in [7, 11) is 0. The molecule has 1 saturated heterocycles. The zero-order valence-electron chi connectivity index (χ0n) is 16.9. The largest absolute Gasteiger partial charge is 0.325 e. The Morgan fingerprint density at radius 2 is 2.07 bits per heavy atom. The van der Waals surface area contributed by atoms with E-state index in [1.54, 1.807) is 16.5 Å². The van der Waals surface area contributed by atoms with E-state index in [2.05, 4.69) is 15.4 Å². The third kappa shape index (κ3) is 3.97. The molecular weight excluding hydrogens is 402 g/mol. The number of rotatable bonds is 4. The van der Waals surface area contributed by atoms with E-state index < -0.39 is 6.04 Å². The Kier molecular flexibility index (Phi) is 5.63. The number of likely N-dealkylation sites (tertiary alicyclic amines) is 1. The molecule has 0 aliphatic carbocycles. The fourth-order valence-electron chi connectivity index (χ4n) is 3.77. The van der Waals surface area contributed by atoms with Crippen molar-refractivity contribution in [3.8, 4) is 0 Å². The fraction of sp³-hybridized carbons (Fsp3) is 0.381. The van der Waals surface area contributed by atoms with Crippen LogP contribution in [0.5, 0.6) is 0 Å². The molecule has 2 aromatic rings. The summed E-state index contributed by atoms with van der Waals surface area (Å²) in [5.41, 5.74) is 2.91. The van der Waals surface area contributed by atoms with Gasteiger partial charge in [-0.05, 0) is 43.9 Å². The maximum atomic E-state index is 13.2. The maximum Gasteiger partial charge on any atom is 0.270 e. The summed E-state index contributed by atoms with van der Waals surface area (Å²) in [6.45, 7) is 4.35. The highest BCUT2D eigenvalue weighted by atomic mass is 32.1. The van der Waals surface area contributed by atoms with E-state index in [0.29, 0.717) is 29.5 Å². The fourth-order valence-corrected chi connectivity index (χ4v) is 4.30. The lowest BCUT2D eigenvalue weighted by Gasteiger charge is -2.28. The smallest absolute Gasteiger partial charge is 0.270 e. The second-order valence-corrected chi connectivity index (χ2v) is 8.42. The molecule has 1 aromatic heterocycles. The predicted molar refractivity (Wildman–Crippen MR) is 116 cm³/mol. The molecule has 1 unspecified atom stereocenters. The highest BCUT2D eigenvalue weighted by molar-refractivity contribution is 7.13. The molecule has 1 aromatic carbocycles. The summed E-state index contributed by atoms with van der Waals surface area (Å²) >= 11 is 1.33. The van der Waals surface area contributed by atoms with Crippen molar-refractivity contribution < 1.29 is 14.4 Å². The van der Waals surface area contributed by atoms with E-state index in [1.165, 1.54) is 16.3 Å². The molecule has 0 saturated carbocycles. The molecule has 1 N–H and O–H groups in total. The van der Waals surface area contributed by atoms with Gasteiger partial charge < -0.3 is 10.2 Å². The van der Waals surface area contributed by atoms with E-state index in [9.17, 15) is 14.4 Å². The van der Waals surface area contributed by atoms with Crippen LogP contribution in [0.1, 0.15) is 36.8 Å². The van der Waals surface area contributed by atoms with Crippen molar-refractivity contribution in [2.24, 2.45) is 5.10 Å². The SMILES string of the molecule is Cc1ccc(C)c(N2N=C(C(=O)N3CCCC3C(=O)Nc3nccs3)CCC2=O)c1. The number of aromatic nitrogens is 1. The van der Waals surface area contributed by atoms with Gasteiger partial charge in [0.25, 0.3) is 5.91 Å².